The molecular formula is C24H30N2O2S. The van der Waals surface area contributed by atoms with E-state index in [-0.39, 0.29) is 11.7 Å². The van der Waals surface area contributed by atoms with Crippen molar-refractivity contribution in [3.8, 4) is 0 Å². The Hall–Kier alpha value is -1.98. The predicted molar refractivity (Wildman–Crippen MR) is 119 cm³/mol. The van der Waals surface area contributed by atoms with Crippen LogP contribution in [0.1, 0.15) is 71.0 Å². The van der Waals surface area contributed by atoms with Gasteiger partial charge >= 0.3 is 0 Å². The van der Waals surface area contributed by atoms with Gasteiger partial charge in [-0.15, -0.1) is 11.3 Å². The minimum atomic E-state index is -0.00435. The summed E-state index contributed by atoms with van der Waals surface area (Å²) in [4.78, 5) is 29.7. The van der Waals surface area contributed by atoms with Crippen LogP contribution >= 0.6 is 11.3 Å². The second-order valence-electron chi connectivity index (χ2n) is 8.47. The number of hydrogen-bond donors (Lipinski definition) is 1. The first kappa shape index (κ1) is 20.3. The SMILES string of the molecule is Cc1ccc(C(=O)c2c(NC(=O)CN3CCCCC3C)sc3c2CCCC3)cc1. The van der Waals surface area contributed by atoms with Gasteiger partial charge in [0.05, 0.1) is 12.1 Å². The largest absolute Gasteiger partial charge is 0.316 e. The maximum atomic E-state index is 13.4. The smallest absolute Gasteiger partial charge is 0.239 e. The lowest BCUT2D eigenvalue weighted by Crippen LogP contribution is -2.42. The van der Waals surface area contributed by atoms with Crippen molar-refractivity contribution in [2.45, 2.75) is 64.8 Å². The Bertz CT molecular complexity index is 900. The number of benzene rings is 1. The van der Waals surface area contributed by atoms with Crippen molar-refractivity contribution in [3.63, 3.8) is 0 Å². The molecule has 4 nitrogen and oxygen atoms in total. The molecule has 1 amide bonds. The highest BCUT2D eigenvalue weighted by molar-refractivity contribution is 7.17. The number of likely N-dealkylation sites (tertiary alicyclic amines) is 1. The molecule has 1 aliphatic carbocycles. The number of amides is 1. The van der Waals surface area contributed by atoms with Crippen molar-refractivity contribution in [1.29, 1.82) is 0 Å². The summed E-state index contributed by atoms with van der Waals surface area (Å²) in [6.45, 7) is 5.60. The standard InChI is InChI=1S/C24H30N2O2S/c1-16-10-12-18(13-11-16)23(28)22-19-8-3-4-9-20(19)29-24(22)25-21(27)15-26-14-6-5-7-17(26)2/h10-13,17H,3-9,14-15H2,1-2H3,(H,25,27). The molecule has 1 fully saturated rings. The quantitative estimate of drug-likeness (QED) is 0.707. The minimum Gasteiger partial charge on any atom is -0.316 e. The molecule has 0 bridgehead atoms. The topological polar surface area (TPSA) is 49.4 Å². The maximum Gasteiger partial charge on any atom is 0.239 e. The molecule has 2 heterocycles. The average molecular weight is 411 g/mol. The van der Waals surface area contributed by atoms with Crippen LogP contribution in [-0.2, 0) is 17.6 Å². The number of aryl methyl sites for hydroxylation is 2. The van der Waals surface area contributed by atoms with Crippen molar-refractivity contribution < 1.29 is 9.59 Å². The van der Waals surface area contributed by atoms with E-state index in [2.05, 4.69) is 17.1 Å². The number of piperidine rings is 1. The fraction of sp³-hybridized carbons (Fsp3) is 0.500. The van der Waals surface area contributed by atoms with Crippen molar-refractivity contribution in [2.75, 3.05) is 18.4 Å². The van der Waals surface area contributed by atoms with E-state index in [9.17, 15) is 9.59 Å². The predicted octanol–water partition coefficient (Wildman–Crippen LogP) is 4.98. The molecule has 1 aromatic heterocycles. The first-order chi connectivity index (χ1) is 14.0. The second-order valence-corrected chi connectivity index (χ2v) is 9.58. The Morgan fingerprint density at radius 1 is 1.10 bits per heavy atom. The minimum absolute atomic E-state index is 0.00435. The van der Waals surface area contributed by atoms with E-state index in [4.69, 9.17) is 0 Å². The van der Waals surface area contributed by atoms with Crippen LogP contribution < -0.4 is 5.32 Å². The number of hydrogen-bond acceptors (Lipinski definition) is 4. The molecule has 4 rings (SSSR count). The summed E-state index contributed by atoms with van der Waals surface area (Å²) in [5, 5.41) is 3.86. The Labute approximate surface area is 177 Å². The number of rotatable bonds is 5. The number of anilines is 1. The third-order valence-corrected chi connectivity index (χ3v) is 7.46. The molecular weight excluding hydrogens is 380 g/mol. The molecule has 1 aliphatic heterocycles. The molecule has 5 heteroatoms. The molecule has 2 aromatic rings. The molecule has 1 saturated heterocycles. The lowest BCUT2D eigenvalue weighted by Gasteiger charge is -2.32. The first-order valence-corrected chi connectivity index (χ1v) is 11.6. The Kier molecular flexibility index (Phi) is 6.16. The molecule has 1 atom stereocenters. The second kappa shape index (κ2) is 8.80. The maximum absolute atomic E-state index is 13.4. The van der Waals surface area contributed by atoms with Crippen LogP contribution in [0.2, 0.25) is 0 Å². The number of nitrogens with one attached hydrogen (secondary N) is 1. The zero-order chi connectivity index (χ0) is 20.4. The Morgan fingerprint density at radius 3 is 2.62 bits per heavy atom. The molecule has 1 aromatic carbocycles. The lowest BCUT2D eigenvalue weighted by atomic mass is 9.91. The van der Waals surface area contributed by atoms with E-state index >= 15 is 0 Å². The van der Waals surface area contributed by atoms with Gasteiger partial charge in [-0.25, -0.2) is 0 Å². The summed E-state index contributed by atoms with van der Waals surface area (Å²) in [7, 11) is 0. The Balaban J connectivity index is 1.59. The van der Waals surface area contributed by atoms with Crippen molar-refractivity contribution in [3.05, 3.63) is 51.4 Å². The van der Waals surface area contributed by atoms with E-state index < -0.39 is 0 Å². The number of thiophene rings is 1. The number of ketones is 1. The van der Waals surface area contributed by atoms with Gasteiger partial charge < -0.3 is 5.32 Å². The summed E-state index contributed by atoms with van der Waals surface area (Å²) in [6, 6.07) is 8.18. The van der Waals surface area contributed by atoms with E-state index in [0.717, 1.165) is 66.8 Å². The zero-order valence-corrected chi connectivity index (χ0v) is 18.2. The van der Waals surface area contributed by atoms with Crippen LogP contribution in [0.25, 0.3) is 0 Å². The van der Waals surface area contributed by atoms with Crippen LogP contribution in [0.15, 0.2) is 24.3 Å². The first-order valence-electron chi connectivity index (χ1n) is 10.8. The van der Waals surface area contributed by atoms with Gasteiger partial charge in [-0.1, -0.05) is 36.2 Å². The van der Waals surface area contributed by atoms with Crippen LogP contribution in [0.4, 0.5) is 5.00 Å². The lowest BCUT2D eigenvalue weighted by molar-refractivity contribution is -0.118. The van der Waals surface area contributed by atoms with Crippen LogP contribution in [0, 0.1) is 6.92 Å². The van der Waals surface area contributed by atoms with Crippen molar-refractivity contribution in [1.82, 2.24) is 4.90 Å². The van der Waals surface area contributed by atoms with Crippen LogP contribution in [0.3, 0.4) is 0 Å². The molecule has 2 aliphatic rings. The molecule has 0 spiro atoms. The van der Waals surface area contributed by atoms with Gasteiger partial charge in [0.25, 0.3) is 0 Å². The normalized spacial score (nSPS) is 19.6. The highest BCUT2D eigenvalue weighted by Crippen LogP contribution is 2.39. The number of nitrogens with zero attached hydrogens (tertiary/aromatic N) is 1. The van der Waals surface area contributed by atoms with Crippen molar-refractivity contribution >= 4 is 28.0 Å². The molecule has 1 unspecified atom stereocenters. The van der Waals surface area contributed by atoms with E-state index in [1.807, 2.05) is 31.2 Å². The summed E-state index contributed by atoms with van der Waals surface area (Å²) >= 11 is 1.61. The van der Waals surface area contributed by atoms with Gasteiger partial charge in [0.15, 0.2) is 5.78 Å². The highest BCUT2D eigenvalue weighted by Gasteiger charge is 2.28. The van der Waals surface area contributed by atoms with Crippen LogP contribution in [0.5, 0.6) is 0 Å². The number of fused-ring (bicyclic) bond motifs is 1. The van der Waals surface area contributed by atoms with Crippen LogP contribution in [-0.4, -0.2) is 35.7 Å². The molecule has 1 N–H and O–H groups in total. The van der Waals surface area contributed by atoms with E-state index in [0.29, 0.717) is 18.2 Å². The molecule has 0 radical (unpaired) electrons. The number of carbonyl (C=O) groups is 2. The summed E-state index contributed by atoms with van der Waals surface area (Å²) in [5.41, 5.74) is 3.72. The zero-order valence-electron chi connectivity index (χ0n) is 17.4. The molecule has 29 heavy (non-hydrogen) atoms. The monoisotopic (exact) mass is 410 g/mol. The summed E-state index contributed by atoms with van der Waals surface area (Å²) in [5.74, 6) is 0.0290. The van der Waals surface area contributed by atoms with E-state index in [1.54, 1.807) is 11.3 Å². The molecule has 154 valence electrons. The fourth-order valence-corrected chi connectivity index (χ4v) is 5.79. The van der Waals surface area contributed by atoms with Gasteiger partial charge in [0.2, 0.25) is 5.91 Å². The average Bonchev–Trinajstić information content (AvgIpc) is 3.07. The van der Waals surface area contributed by atoms with Gasteiger partial charge in [-0.05, 0) is 64.5 Å². The van der Waals surface area contributed by atoms with Crippen molar-refractivity contribution in [2.24, 2.45) is 0 Å². The third kappa shape index (κ3) is 4.46. The summed E-state index contributed by atoms with van der Waals surface area (Å²) in [6.07, 6.45) is 7.75. The van der Waals surface area contributed by atoms with Gasteiger partial charge in [0, 0.05) is 16.5 Å². The highest BCUT2D eigenvalue weighted by atomic mass is 32.1. The Morgan fingerprint density at radius 2 is 1.86 bits per heavy atom. The van der Waals surface area contributed by atoms with Gasteiger partial charge in [-0.3, -0.25) is 14.5 Å². The fourth-order valence-electron chi connectivity index (χ4n) is 4.49. The molecule has 0 saturated carbocycles. The third-order valence-electron chi connectivity index (χ3n) is 6.25. The van der Waals surface area contributed by atoms with E-state index in [1.165, 1.54) is 11.3 Å². The van der Waals surface area contributed by atoms with Gasteiger partial charge in [-0.2, -0.15) is 0 Å². The summed E-state index contributed by atoms with van der Waals surface area (Å²) < 4.78 is 0. The van der Waals surface area contributed by atoms with Gasteiger partial charge in [0.1, 0.15) is 5.00 Å². The number of carbonyl (C=O) groups excluding carboxylic acids is 2.